The van der Waals surface area contributed by atoms with Crippen molar-refractivity contribution in [1.29, 1.82) is 5.26 Å². The summed E-state index contributed by atoms with van der Waals surface area (Å²) in [5.74, 6) is 0.631. The Kier molecular flexibility index (Phi) is 8.53. The highest BCUT2D eigenvalue weighted by atomic mass is 32.1. The zero-order valence-electron chi connectivity index (χ0n) is 20.1. The molecule has 0 saturated heterocycles. The Balaban J connectivity index is 1.33. The summed E-state index contributed by atoms with van der Waals surface area (Å²) in [5, 5.41) is 16.0. The molecule has 2 heterocycles. The third kappa shape index (κ3) is 6.40. The van der Waals surface area contributed by atoms with Crippen LogP contribution in [-0.2, 0) is 35.3 Å². The number of pyridine rings is 1. The van der Waals surface area contributed by atoms with Crippen LogP contribution in [0.2, 0.25) is 0 Å². The van der Waals surface area contributed by atoms with Crippen molar-refractivity contribution in [2.24, 2.45) is 0 Å². The van der Waals surface area contributed by atoms with Gasteiger partial charge in [-0.3, -0.25) is 9.78 Å². The fraction of sp³-hybridized carbons (Fsp3) is 0.333. The second-order valence-electron chi connectivity index (χ2n) is 8.39. The molecule has 0 bridgehead atoms. The third-order valence-corrected chi connectivity index (χ3v) is 7.08. The highest BCUT2D eigenvalue weighted by molar-refractivity contribution is 7.16. The van der Waals surface area contributed by atoms with Crippen molar-refractivity contribution in [3.8, 4) is 11.8 Å². The predicted molar refractivity (Wildman–Crippen MR) is 137 cm³/mol. The van der Waals surface area contributed by atoms with E-state index in [0.29, 0.717) is 49.4 Å². The van der Waals surface area contributed by atoms with Crippen LogP contribution >= 0.6 is 11.3 Å². The first-order valence-electron chi connectivity index (χ1n) is 12.0. The van der Waals surface area contributed by atoms with E-state index in [1.807, 2.05) is 43.3 Å². The van der Waals surface area contributed by atoms with Gasteiger partial charge in [0, 0.05) is 36.7 Å². The largest absolute Gasteiger partial charge is 0.494 e. The van der Waals surface area contributed by atoms with Gasteiger partial charge in [-0.05, 0) is 55.0 Å². The van der Waals surface area contributed by atoms with E-state index in [4.69, 9.17) is 9.47 Å². The van der Waals surface area contributed by atoms with Gasteiger partial charge in [0.2, 0.25) is 5.91 Å². The molecule has 2 aromatic heterocycles. The molecule has 36 heavy (non-hydrogen) atoms. The molecule has 2 N–H and O–H groups in total. The quantitative estimate of drug-likeness (QED) is 0.434. The first kappa shape index (κ1) is 25.2. The number of ether oxygens (including phenoxy) is 2. The van der Waals surface area contributed by atoms with Crippen molar-refractivity contribution < 1.29 is 19.1 Å². The number of fused-ring (bicyclic) bond motifs is 1. The van der Waals surface area contributed by atoms with Gasteiger partial charge in [-0.25, -0.2) is 4.79 Å². The van der Waals surface area contributed by atoms with Crippen LogP contribution in [-0.4, -0.2) is 29.7 Å². The monoisotopic (exact) mass is 504 g/mol. The van der Waals surface area contributed by atoms with E-state index in [9.17, 15) is 14.9 Å². The fourth-order valence-electron chi connectivity index (χ4n) is 4.18. The Morgan fingerprint density at radius 2 is 2.11 bits per heavy atom. The first-order chi connectivity index (χ1) is 17.6. The van der Waals surface area contributed by atoms with E-state index in [1.54, 1.807) is 12.4 Å². The molecule has 1 aromatic carbocycles. The maximum absolute atomic E-state index is 12.7. The second kappa shape index (κ2) is 12.2. The van der Waals surface area contributed by atoms with E-state index in [-0.39, 0.29) is 18.4 Å². The average Bonchev–Trinajstić information content (AvgIpc) is 3.23. The number of alkyl carbamates (subject to hydrolysis) is 1. The molecular weight excluding hydrogens is 476 g/mol. The molecule has 4 rings (SSSR count). The molecule has 0 radical (unpaired) electrons. The number of nitrogens with one attached hydrogen (secondary N) is 2. The number of aromatic nitrogens is 1. The molecule has 1 atom stereocenters. The van der Waals surface area contributed by atoms with E-state index in [2.05, 4.69) is 21.7 Å². The summed E-state index contributed by atoms with van der Waals surface area (Å²) in [4.78, 5) is 30.0. The summed E-state index contributed by atoms with van der Waals surface area (Å²) in [5.41, 5.74) is 3.31. The lowest BCUT2D eigenvalue weighted by Crippen LogP contribution is -2.31. The van der Waals surface area contributed by atoms with Gasteiger partial charge >= 0.3 is 6.09 Å². The standard InChI is InChI=1S/C27H28N4O4S/c1-2-34-23-8-4-3-7-19(23)9-12-25(32)31-26-22(15-28)21-11-10-20(14-24(21)36-26)35-27(33)30-17-18-6-5-13-29-16-18/h3-8,13,16,20H,2,9-12,14,17H2,1H3,(H,30,33)(H,31,32). The number of hydrogen-bond donors (Lipinski definition) is 2. The van der Waals surface area contributed by atoms with E-state index < -0.39 is 6.09 Å². The second-order valence-corrected chi connectivity index (χ2v) is 9.50. The van der Waals surface area contributed by atoms with Gasteiger partial charge in [0.25, 0.3) is 0 Å². The highest BCUT2D eigenvalue weighted by Crippen LogP contribution is 2.38. The van der Waals surface area contributed by atoms with Gasteiger partial charge in [0.1, 0.15) is 22.9 Å². The summed E-state index contributed by atoms with van der Waals surface area (Å²) >= 11 is 1.39. The summed E-state index contributed by atoms with van der Waals surface area (Å²) in [6, 6.07) is 13.6. The topological polar surface area (TPSA) is 113 Å². The number of nitriles is 1. The summed E-state index contributed by atoms with van der Waals surface area (Å²) in [6.07, 6.45) is 5.19. The number of hydrogen-bond acceptors (Lipinski definition) is 7. The Labute approximate surface area is 214 Å². The molecule has 0 fully saturated rings. The van der Waals surface area contributed by atoms with Crippen LogP contribution in [0.25, 0.3) is 0 Å². The minimum absolute atomic E-state index is 0.154. The summed E-state index contributed by atoms with van der Waals surface area (Å²) < 4.78 is 11.2. The number of nitrogens with zero attached hydrogens (tertiary/aromatic N) is 2. The number of rotatable bonds is 9. The average molecular weight is 505 g/mol. The molecule has 2 amide bonds. The lowest BCUT2D eigenvalue weighted by Gasteiger charge is -2.22. The number of thiophene rings is 1. The number of carbonyl (C=O) groups is 2. The molecule has 1 aliphatic rings. The van der Waals surface area contributed by atoms with Crippen molar-refractivity contribution in [2.45, 2.75) is 51.7 Å². The molecule has 8 nitrogen and oxygen atoms in total. The predicted octanol–water partition coefficient (Wildman–Crippen LogP) is 4.77. The van der Waals surface area contributed by atoms with Crippen molar-refractivity contribution in [2.75, 3.05) is 11.9 Å². The lowest BCUT2D eigenvalue weighted by atomic mass is 9.94. The summed E-state index contributed by atoms with van der Waals surface area (Å²) in [7, 11) is 0. The van der Waals surface area contributed by atoms with Gasteiger partial charge in [-0.15, -0.1) is 11.3 Å². The van der Waals surface area contributed by atoms with E-state index in [1.165, 1.54) is 11.3 Å². The highest BCUT2D eigenvalue weighted by Gasteiger charge is 2.28. The first-order valence-corrected chi connectivity index (χ1v) is 12.8. The number of para-hydroxylation sites is 1. The Morgan fingerprint density at radius 3 is 2.89 bits per heavy atom. The SMILES string of the molecule is CCOc1ccccc1CCC(=O)Nc1sc2c(c1C#N)CCC(OC(=O)NCc1cccnc1)C2. The minimum Gasteiger partial charge on any atom is -0.494 e. The number of benzene rings is 1. The summed E-state index contributed by atoms with van der Waals surface area (Å²) in [6.45, 7) is 2.83. The molecule has 0 spiro atoms. The molecule has 1 unspecified atom stereocenters. The van der Waals surface area contributed by atoms with Gasteiger partial charge in [-0.2, -0.15) is 5.26 Å². The van der Waals surface area contributed by atoms with Crippen LogP contribution in [0.4, 0.5) is 9.80 Å². The molecule has 0 aliphatic heterocycles. The lowest BCUT2D eigenvalue weighted by molar-refractivity contribution is -0.116. The van der Waals surface area contributed by atoms with Crippen molar-refractivity contribution in [3.05, 3.63) is 75.9 Å². The Morgan fingerprint density at radius 1 is 1.25 bits per heavy atom. The number of anilines is 1. The van der Waals surface area contributed by atoms with Crippen LogP contribution in [0, 0.1) is 11.3 Å². The third-order valence-electron chi connectivity index (χ3n) is 5.91. The Hall–Kier alpha value is -3.90. The van der Waals surface area contributed by atoms with Crippen molar-refractivity contribution in [1.82, 2.24) is 10.3 Å². The minimum atomic E-state index is -0.481. The normalized spacial score (nSPS) is 14.3. The number of aryl methyl sites for hydroxylation is 1. The van der Waals surface area contributed by atoms with Gasteiger partial charge in [0.05, 0.1) is 12.2 Å². The molecule has 9 heteroatoms. The molecular formula is C27H28N4O4S. The zero-order chi connectivity index (χ0) is 25.3. The van der Waals surface area contributed by atoms with E-state index >= 15 is 0 Å². The maximum atomic E-state index is 12.7. The van der Waals surface area contributed by atoms with Crippen LogP contribution < -0.4 is 15.4 Å². The van der Waals surface area contributed by atoms with Gasteiger partial charge in [0.15, 0.2) is 0 Å². The molecule has 0 saturated carbocycles. The van der Waals surface area contributed by atoms with Crippen LogP contribution in [0.5, 0.6) is 5.75 Å². The van der Waals surface area contributed by atoms with Crippen molar-refractivity contribution in [3.63, 3.8) is 0 Å². The van der Waals surface area contributed by atoms with Crippen LogP contribution in [0.3, 0.4) is 0 Å². The van der Waals surface area contributed by atoms with Gasteiger partial charge < -0.3 is 20.1 Å². The Bertz CT molecular complexity index is 1250. The van der Waals surface area contributed by atoms with E-state index in [0.717, 1.165) is 27.3 Å². The van der Waals surface area contributed by atoms with Crippen LogP contribution in [0.1, 0.15) is 46.9 Å². The van der Waals surface area contributed by atoms with Crippen molar-refractivity contribution >= 4 is 28.3 Å². The smallest absolute Gasteiger partial charge is 0.407 e. The molecule has 1 aliphatic carbocycles. The molecule has 3 aromatic rings. The number of carbonyl (C=O) groups excluding carboxylic acids is 2. The maximum Gasteiger partial charge on any atom is 0.407 e. The van der Waals surface area contributed by atoms with Gasteiger partial charge in [-0.1, -0.05) is 24.3 Å². The molecule has 186 valence electrons. The zero-order valence-corrected chi connectivity index (χ0v) is 20.9. The van der Waals surface area contributed by atoms with Crippen LogP contribution in [0.15, 0.2) is 48.8 Å². The number of amides is 2. The fourth-order valence-corrected chi connectivity index (χ4v) is 5.46.